The second-order valence-electron chi connectivity index (χ2n) is 4.24. The molecule has 0 aliphatic carbocycles. The van der Waals surface area contributed by atoms with Gasteiger partial charge in [0.25, 0.3) is 0 Å². The van der Waals surface area contributed by atoms with E-state index < -0.39 is 0 Å². The van der Waals surface area contributed by atoms with E-state index in [1.165, 1.54) is 25.8 Å². The van der Waals surface area contributed by atoms with E-state index in [0.29, 0.717) is 0 Å². The van der Waals surface area contributed by atoms with Crippen molar-refractivity contribution in [3.8, 4) is 0 Å². The molecule has 0 bridgehead atoms. The third-order valence-corrected chi connectivity index (χ3v) is 2.96. The van der Waals surface area contributed by atoms with Gasteiger partial charge in [-0.2, -0.15) is 0 Å². The van der Waals surface area contributed by atoms with Gasteiger partial charge in [0.05, 0.1) is 6.10 Å². The lowest BCUT2D eigenvalue weighted by Crippen LogP contribution is -2.36. The Bertz CT molecular complexity index is 133. The lowest BCUT2D eigenvalue weighted by molar-refractivity contribution is 0.0818. The Hall–Kier alpha value is -0.120. The molecular weight excluding hydrogens is 176 g/mol. The zero-order valence-electron chi connectivity index (χ0n) is 9.34. The van der Waals surface area contributed by atoms with Crippen molar-refractivity contribution in [1.29, 1.82) is 0 Å². The summed E-state index contributed by atoms with van der Waals surface area (Å²) >= 11 is 0. The molecular formula is C11H24N2O. The maximum atomic E-state index is 9.33. The highest BCUT2D eigenvalue weighted by Crippen LogP contribution is 2.10. The first-order chi connectivity index (χ1) is 6.83. The minimum atomic E-state index is -0.0319. The molecule has 1 rings (SSSR count). The van der Waals surface area contributed by atoms with Crippen molar-refractivity contribution >= 4 is 0 Å². The number of nitrogens with zero attached hydrogens (tertiary/aromatic N) is 1. The fourth-order valence-corrected chi connectivity index (χ4v) is 1.96. The first kappa shape index (κ1) is 12.0. The van der Waals surface area contributed by atoms with E-state index in [1.807, 2.05) is 7.05 Å². The summed E-state index contributed by atoms with van der Waals surface area (Å²) in [7, 11) is 2.01. The fraction of sp³-hybridized carbons (Fsp3) is 1.00. The molecule has 1 heterocycles. The number of aliphatic hydroxyl groups is 1. The molecule has 0 atom stereocenters. The van der Waals surface area contributed by atoms with E-state index >= 15 is 0 Å². The van der Waals surface area contributed by atoms with Crippen LogP contribution in [0.3, 0.4) is 0 Å². The van der Waals surface area contributed by atoms with Gasteiger partial charge in [-0.1, -0.05) is 6.42 Å². The molecule has 0 aromatic rings. The summed E-state index contributed by atoms with van der Waals surface area (Å²) < 4.78 is 0. The summed E-state index contributed by atoms with van der Waals surface area (Å²) in [5, 5.41) is 12.5. The topological polar surface area (TPSA) is 35.5 Å². The third kappa shape index (κ3) is 4.94. The van der Waals surface area contributed by atoms with Crippen LogP contribution in [-0.4, -0.2) is 49.3 Å². The predicted octanol–water partition coefficient (Wildman–Crippen LogP) is 0.833. The van der Waals surface area contributed by atoms with Crippen LogP contribution in [0.15, 0.2) is 0 Å². The molecule has 0 spiro atoms. The van der Waals surface area contributed by atoms with Gasteiger partial charge in [-0.25, -0.2) is 0 Å². The Morgan fingerprint density at radius 3 is 2.57 bits per heavy atom. The van der Waals surface area contributed by atoms with E-state index in [0.717, 1.165) is 32.5 Å². The van der Waals surface area contributed by atoms with Gasteiger partial charge < -0.3 is 15.3 Å². The molecule has 3 nitrogen and oxygen atoms in total. The molecule has 2 N–H and O–H groups in total. The van der Waals surface area contributed by atoms with Gasteiger partial charge in [-0.3, -0.25) is 0 Å². The summed E-state index contributed by atoms with van der Waals surface area (Å²) in [6.45, 7) is 4.54. The Morgan fingerprint density at radius 2 is 1.93 bits per heavy atom. The number of hydrogen-bond donors (Lipinski definition) is 2. The van der Waals surface area contributed by atoms with Crippen molar-refractivity contribution in [3.05, 3.63) is 0 Å². The standard InChI is InChI=1S/C11H24N2O/c1-12-7-3-2-4-8-13-9-5-11(14)6-10-13/h11-12,14H,2-10H2,1H3. The SMILES string of the molecule is CNCCCCCN1CCC(O)CC1. The lowest BCUT2D eigenvalue weighted by Gasteiger charge is -2.29. The summed E-state index contributed by atoms with van der Waals surface area (Å²) in [6.07, 6.45) is 5.81. The van der Waals surface area contributed by atoms with Crippen LogP contribution in [0.25, 0.3) is 0 Å². The Balaban J connectivity index is 1.91. The van der Waals surface area contributed by atoms with E-state index in [2.05, 4.69) is 10.2 Å². The molecule has 1 aliphatic rings. The van der Waals surface area contributed by atoms with Crippen molar-refractivity contribution in [3.63, 3.8) is 0 Å². The van der Waals surface area contributed by atoms with Crippen molar-refractivity contribution in [2.45, 2.75) is 38.2 Å². The van der Waals surface area contributed by atoms with Crippen LogP contribution in [0, 0.1) is 0 Å². The number of aliphatic hydroxyl groups excluding tert-OH is 1. The molecule has 1 fully saturated rings. The largest absolute Gasteiger partial charge is 0.393 e. The molecule has 0 aromatic heterocycles. The average molecular weight is 200 g/mol. The van der Waals surface area contributed by atoms with Crippen molar-refractivity contribution in [2.75, 3.05) is 33.2 Å². The minimum absolute atomic E-state index is 0.0319. The quantitative estimate of drug-likeness (QED) is 0.624. The zero-order valence-corrected chi connectivity index (χ0v) is 9.34. The summed E-state index contributed by atoms with van der Waals surface area (Å²) in [5.41, 5.74) is 0. The molecule has 0 aromatic carbocycles. The molecule has 0 unspecified atom stereocenters. The molecule has 0 amide bonds. The average Bonchev–Trinajstić information content (AvgIpc) is 2.21. The summed E-state index contributed by atoms with van der Waals surface area (Å²) in [4.78, 5) is 2.48. The van der Waals surface area contributed by atoms with Gasteiger partial charge >= 0.3 is 0 Å². The number of rotatable bonds is 6. The number of nitrogens with one attached hydrogen (secondary N) is 1. The monoisotopic (exact) mass is 200 g/mol. The van der Waals surface area contributed by atoms with Crippen LogP contribution in [0.1, 0.15) is 32.1 Å². The molecule has 1 aliphatic heterocycles. The number of hydrogen-bond acceptors (Lipinski definition) is 3. The van der Waals surface area contributed by atoms with Gasteiger partial charge in [0.1, 0.15) is 0 Å². The molecule has 14 heavy (non-hydrogen) atoms. The Kier molecular flexibility index (Phi) is 6.15. The highest BCUT2D eigenvalue weighted by molar-refractivity contribution is 4.70. The van der Waals surface area contributed by atoms with Crippen LogP contribution in [0.2, 0.25) is 0 Å². The van der Waals surface area contributed by atoms with Crippen LogP contribution in [0.4, 0.5) is 0 Å². The normalized spacial score (nSPS) is 20.1. The second kappa shape index (κ2) is 7.21. The van der Waals surface area contributed by atoms with Crippen molar-refractivity contribution < 1.29 is 5.11 Å². The van der Waals surface area contributed by atoms with Crippen LogP contribution < -0.4 is 5.32 Å². The number of unbranched alkanes of at least 4 members (excludes halogenated alkanes) is 2. The Labute approximate surface area is 87.5 Å². The van der Waals surface area contributed by atoms with Crippen LogP contribution >= 0.6 is 0 Å². The maximum Gasteiger partial charge on any atom is 0.0564 e. The van der Waals surface area contributed by atoms with E-state index in [1.54, 1.807) is 0 Å². The highest BCUT2D eigenvalue weighted by atomic mass is 16.3. The Morgan fingerprint density at radius 1 is 1.21 bits per heavy atom. The van der Waals surface area contributed by atoms with Gasteiger partial charge in [0.15, 0.2) is 0 Å². The van der Waals surface area contributed by atoms with Crippen LogP contribution in [0.5, 0.6) is 0 Å². The highest BCUT2D eigenvalue weighted by Gasteiger charge is 2.15. The number of piperidine rings is 1. The summed E-state index contributed by atoms with van der Waals surface area (Å²) in [6, 6.07) is 0. The zero-order chi connectivity index (χ0) is 10.2. The second-order valence-corrected chi connectivity index (χ2v) is 4.24. The first-order valence-electron chi connectivity index (χ1n) is 5.88. The van der Waals surface area contributed by atoms with Gasteiger partial charge in [-0.15, -0.1) is 0 Å². The lowest BCUT2D eigenvalue weighted by atomic mass is 10.1. The maximum absolute atomic E-state index is 9.33. The van der Waals surface area contributed by atoms with Gasteiger partial charge in [0.2, 0.25) is 0 Å². The minimum Gasteiger partial charge on any atom is -0.393 e. The summed E-state index contributed by atoms with van der Waals surface area (Å²) in [5.74, 6) is 0. The predicted molar refractivity (Wildman–Crippen MR) is 59.5 cm³/mol. The smallest absolute Gasteiger partial charge is 0.0564 e. The van der Waals surface area contributed by atoms with Crippen molar-refractivity contribution in [1.82, 2.24) is 10.2 Å². The molecule has 84 valence electrons. The van der Waals surface area contributed by atoms with E-state index in [4.69, 9.17) is 0 Å². The van der Waals surface area contributed by atoms with Crippen LogP contribution in [-0.2, 0) is 0 Å². The van der Waals surface area contributed by atoms with Crippen molar-refractivity contribution in [2.24, 2.45) is 0 Å². The molecule has 0 radical (unpaired) electrons. The van der Waals surface area contributed by atoms with E-state index in [-0.39, 0.29) is 6.10 Å². The van der Waals surface area contributed by atoms with E-state index in [9.17, 15) is 5.11 Å². The number of likely N-dealkylation sites (tertiary alicyclic amines) is 1. The fourth-order valence-electron chi connectivity index (χ4n) is 1.96. The molecule has 3 heteroatoms. The first-order valence-corrected chi connectivity index (χ1v) is 5.88. The van der Waals surface area contributed by atoms with Gasteiger partial charge in [0, 0.05) is 13.1 Å². The third-order valence-electron chi connectivity index (χ3n) is 2.96. The molecule has 0 saturated carbocycles. The molecule has 1 saturated heterocycles. The van der Waals surface area contributed by atoms with Gasteiger partial charge in [-0.05, 0) is 45.8 Å².